The summed E-state index contributed by atoms with van der Waals surface area (Å²) in [4.78, 5) is 39.9. The lowest BCUT2D eigenvalue weighted by atomic mass is 9.82. The highest BCUT2D eigenvalue weighted by atomic mass is 16.5. The summed E-state index contributed by atoms with van der Waals surface area (Å²) in [5.74, 6) is 0.625. The molecule has 3 aromatic rings. The minimum atomic E-state index is -0.547. The Hall–Kier alpha value is -3.67. The minimum absolute atomic E-state index is 0.0969. The van der Waals surface area contributed by atoms with Crippen LogP contribution in [0.2, 0.25) is 0 Å². The van der Waals surface area contributed by atoms with E-state index < -0.39 is 5.60 Å². The van der Waals surface area contributed by atoms with Crippen molar-refractivity contribution in [2.75, 3.05) is 13.1 Å². The van der Waals surface area contributed by atoms with Crippen LogP contribution in [0.25, 0.3) is 0 Å². The standard InChI is InChI=1S/C26H24N2O4/c29-22-16-26(32-23-9-5-4-8-21(22)23)12-14-27(15-13-26)25(31)20-10-11-24(30)28(18-20)17-19-6-2-1-3-7-19/h1-11,18H,12-17H2. The summed E-state index contributed by atoms with van der Waals surface area (Å²) in [5, 5.41) is 0. The number of piperidine rings is 1. The summed E-state index contributed by atoms with van der Waals surface area (Å²) in [6.45, 7) is 1.43. The highest BCUT2D eigenvalue weighted by Gasteiger charge is 2.43. The van der Waals surface area contributed by atoms with Crippen LogP contribution >= 0.6 is 0 Å². The fourth-order valence-corrected chi connectivity index (χ4v) is 4.58. The zero-order valence-electron chi connectivity index (χ0n) is 17.7. The van der Waals surface area contributed by atoms with Gasteiger partial charge in [0.25, 0.3) is 11.5 Å². The Bertz CT molecular complexity index is 1220. The van der Waals surface area contributed by atoms with Gasteiger partial charge in [0.1, 0.15) is 11.4 Å². The van der Waals surface area contributed by atoms with Crippen molar-refractivity contribution in [1.82, 2.24) is 9.47 Å². The third-order valence-corrected chi connectivity index (χ3v) is 6.38. The Morgan fingerprint density at radius 3 is 2.41 bits per heavy atom. The lowest BCUT2D eigenvalue weighted by molar-refractivity contribution is -0.00572. The van der Waals surface area contributed by atoms with Gasteiger partial charge < -0.3 is 14.2 Å². The van der Waals surface area contributed by atoms with Crippen LogP contribution in [-0.4, -0.2) is 39.8 Å². The van der Waals surface area contributed by atoms with E-state index in [0.717, 1.165) is 5.56 Å². The number of Topliss-reactive ketones (excluding diaryl/α,β-unsaturated/α-hetero) is 1. The summed E-state index contributed by atoms with van der Waals surface area (Å²) >= 11 is 0. The van der Waals surface area contributed by atoms with Gasteiger partial charge in [0.2, 0.25) is 0 Å². The number of rotatable bonds is 3. The number of hydrogen-bond acceptors (Lipinski definition) is 4. The molecule has 6 nitrogen and oxygen atoms in total. The highest BCUT2D eigenvalue weighted by molar-refractivity contribution is 6.00. The van der Waals surface area contributed by atoms with Crippen LogP contribution in [0.15, 0.2) is 77.7 Å². The van der Waals surface area contributed by atoms with Gasteiger partial charge in [0.05, 0.1) is 24.1 Å². The Morgan fingerprint density at radius 2 is 1.62 bits per heavy atom. The number of amides is 1. The van der Waals surface area contributed by atoms with Crippen LogP contribution < -0.4 is 10.3 Å². The summed E-state index contributed by atoms with van der Waals surface area (Å²) in [6.07, 6.45) is 3.18. The molecule has 1 aromatic heterocycles. The first-order valence-electron chi connectivity index (χ1n) is 10.9. The quantitative estimate of drug-likeness (QED) is 0.640. The fourth-order valence-electron chi connectivity index (χ4n) is 4.58. The van der Waals surface area contributed by atoms with Crippen molar-refractivity contribution in [3.8, 4) is 5.75 Å². The van der Waals surface area contributed by atoms with Gasteiger partial charge in [-0.2, -0.15) is 0 Å². The van der Waals surface area contributed by atoms with Crippen molar-refractivity contribution in [1.29, 1.82) is 0 Å². The van der Waals surface area contributed by atoms with Crippen molar-refractivity contribution in [3.63, 3.8) is 0 Å². The van der Waals surface area contributed by atoms with E-state index in [1.165, 1.54) is 6.07 Å². The third kappa shape index (κ3) is 3.84. The Kier molecular flexibility index (Phi) is 5.13. The summed E-state index contributed by atoms with van der Waals surface area (Å²) < 4.78 is 7.82. The molecule has 0 radical (unpaired) electrons. The minimum Gasteiger partial charge on any atom is -0.486 e. The summed E-state index contributed by atoms with van der Waals surface area (Å²) in [5.41, 5.74) is 1.43. The number of fused-ring (bicyclic) bond motifs is 1. The molecule has 3 heterocycles. The second-order valence-corrected chi connectivity index (χ2v) is 8.54. The maximum absolute atomic E-state index is 13.2. The second-order valence-electron chi connectivity index (χ2n) is 8.54. The molecule has 32 heavy (non-hydrogen) atoms. The zero-order valence-corrected chi connectivity index (χ0v) is 17.7. The molecule has 2 aliphatic rings. The number of para-hydroxylation sites is 1. The van der Waals surface area contributed by atoms with E-state index >= 15 is 0 Å². The SMILES string of the molecule is O=C1CC2(CCN(C(=O)c3ccc(=O)n(Cc4ccccc4)c3)CC2)Oc2ccccc21. The van der Waals surface area contributed by atoms with Crippen molar-refractivity contribution in [2.45, 2.75) is 31.4 Å². The van der Waals surface area contributed by atoms with Gasteiger partial charge in [-0.15, -0.1) is 0 Å². The number of nitrogens with zero attached hydrogens (tertiary/aromatic N) is 2. The average molecular weight is 428 g/mol. The van der Waals surface area contributed by atoms with Crippen LogP contribution in [-0.2, 0) is 6.54 Å². The topological polar surface area (TPSA) is 68.6 Å². The molecular formula is C26H24N2O4. The molecule has 1 fully saturated rings. The first kappa shape index (κ1) is 20.2. The lowest BCUT2D eigenvalue weighted by Crippen LogP contribution is -2.52. The van der Waals surface area contributed by atoms with E-state index in [1.54, 1.807) is 27.8 Å². The number of ketones is 1. The zero-order chi connectivity index (χ0) is 22.1. The number of benzene rings is 2. The monoisotopic (exact) mass is 428 g/mol. The van der Waals surface area contributed by atoms with Crippen LogP contribution in [0.5, 0.6) is 5.75 Å². The van der Waals surface area contributed by atoms with Crippen LogP contribution in [0.4, 0.5) is 0 Å². The molecule has 0 aliphatic carbocycles. The molecule has 0 bridgehead atoms. The van der Waals surface area contributed by atoms with Crippen LogP contribution in [0, 0.1) is 0 Å². The summed E-state index contributed by atoms with van der Waals surface area (Å²) in [6, 6.07) is 20.1. The molecule has 6 heteroatoms. The summed E-state index contributed by atoms with van der Waals surface area (Å²) in [7, 11) is 0. The van der Waals surface area contributed by atoms with Gasteiger partial charge in [-0.25, -0.2) is 0 Å². The van der Waals surface area contributed by atoms with Crippen LogP contribution in [0.1, 0.15) is 45.5 Å². The molecule has 1 saturated heterocycles. The average Bonchev–Trinajstić information content (AvgIpc) is 2.81. The number of carbonyl (C=O) groups excluding carboxylic acids is 2. The smallest absolute Gasteiger partial charge is 0.255 e. The largest absolute Gasteiger partial charge is 0.486 e. The molecule has 5 rings (SSSR count). The Balaban J connectivity index is 1.30. The van der Waals surface area contributed by atoms with Crippen molar-refractivity contribution in [3.05, 3.63) is 100.0 Å². The molecule has 162 valence electrons. The van der Waals surface area contributed by atoms with E-state index in [9.17, 15) is 14.4 Å². The molecule has 0 atom stereocenters. The molecule has 2 aliphatic heterocycles. The lowest BCUT2D eigenvalue weighted by Gasteiger charge is -2.44. The van der Waals surface area contributed by atoms with Gasteiger partial charge in [0, 0.05) is 38.2 Å². The normalized spacial score (nSPS) is 17.0. The molecule has 0 saturated carbocycles. The van der Waals surface area contributed by atoms with Gasteiger partial charge in [-0.3, -0.25) is 14.4 Å². The second kappa shape index (κ2) is 8.11. The van der Waals surface area contributed by atoms with Crippen molar-refractivity contribution < 1.29 is 14.3 Å². The maximum atomic E-state index is 13.2. The predicted molar refractivity (Wildman–Crippen MR) is 120 cm³/mol. The highest BCUT2D eigenvalue weighted by Crippen LogP contribution is 2.39. The number of aromatic nitrogens is 1. The molecule has 2 aromatic carbocycles. The number of likely N-dealkylation sites (tertiary alicyclic amines) is 1. The van der Waals surface area contributed by atoms with E-state index in [2.05, 4.69) is 0 Å². The number of hydrogen-bond donors (Lipinski definition) is 0. The molecule has 0 N–H and O–H groups in total. The molecule has 1 amide bonds. The first-order chi connectivity index (χ1) is 15.5. The van der Waals surface area contributed by atoms with E-state index in [-0.39, 0.29) is 17.2 Å². The van der Waals surface area contributed by atoms with Gasteiger partial charge >= 0.3 is 0 Å². The van der Waals surface area contributed by atoms with E-state index in [0.29, 0.717) is 55.8 Å². The molecule has 1 spiro atoms. The first-order valence-corrected chi connectivity index (χ1v) is 10.9. The van der Waals surface area contributed by atoms with Crippen molar-refractivity contribution >= 4 is 11.7 Å². The number of ether oxygens (including phenoxy) is 1. The van der Waals surface area contributed by atoms with Crippen molar-refractivity contribution in [2.24, 2.45) is 0 Å². The third-order valence-electron chi connectivity index (χ3n) is 6.38. The predicted octanol–water partition coefficient (Wildman–Crippen LogP) is 3.54. The number of carbonyl (C=O) groups is 2. The molecular weight excluding hydrogens is 404 g/mol. The number of pyridine rings is 1. The maximum Gasteiger partial charge on any atom is 0.255 e. The van der Waals surface area contributed by atoms with Gasteiger partial charge in [-0.1, -0.05) is 42.5 Å². The van der Waals surface area contributed by atoms with E-state index in [4.69, 9.17) is 4.74 Å². The van der Waals surface area contributed by atoms with Crippen LogP contribution in [0.3, 0.4) is 0 Å². The van der Waals surface area contributed by atoms with Gasteiger partial charge in [0.15, 0.2) is 5.78 Å². The van der Waals surface area contributed by atoms with E-state index in [1.807, 2.05) is 48.5 Å². The fraction of sp³-hybridized carbons (Fsp3) is 0.269. The Labute approximate surface area is 186 Å². The van der Waals surface area contributed by atoms with Gasteiger partial charge in [-0.05, 0) is 23.8 Å². The Morgan fingerprint density at radius 1 is 0.906 bits per heavy atom. The molecule has 0 unspecified atom stereocenters.